The standard InChI is InChI=1S/C20H14BrClN4O3/c1-28-14-7-9(6-12(21)18(14)27)15-11(8-23)19(24)29-20-16(15)17(25-26-20)10-4-2-3-5-13(10)22/h2-7,15,27H,24H2,1H3,(H,25,26). The minimum absolute atomic E-state index is 0.0367. The van der Waals surface area contributed by atoms with E-state index in [2.05, 4.69) is 32.2 Å². The van der Waals surface area contributed by atoms with Crippen LogP contribution >= 0.6 is 27.5 Å². The molecule has 0 aliphatic carbocycles. The molecule has 1 aromatic heterocycles. The highest BCUT2D eigenvalue weighted by molar-refractivity contribution is 9.10. The maximum absolute atomic E-state index is 10.2. The van der Waals surface area contributed by atoms with E-state index in [-0.39, 0.29) is 28.8 Å². The van der Waals surface area contributed by atoms with E-state index in [1.807, 2.05) is 18.2 Å². The molecule has 0 radical (unpaired) electrons. The van der Waals surface area contributed by atoms with E-state index in [1.165, 1.54) is 7.11 Å². The van der Waals surface area contributed by atoms with Crippen molar-refractivity contribution in [1.29, 1.82) is 5.26 Å². The van der Waals surface area contributed by atoms with Crippen LogP contribution in [-0.4, -0.2) is 22.4 Å². The van der Waals surface area contributed by atoms with Crippen molar-refractivity contribution in [2.75, 3.05) is 7.11 Å². The minimum atomic E-state index is -0.612. The highest BCUT2D eigenvalue weighted by atomic mass is 79.9. The predicted molar refractivity (Wildman–Crippen MR) is 111 cm³/mol. The Morgan fingerprint density at radius 3 is 2.83 bits per heavy atom. The molecule has 4 N–H and O–H groups in total. The number of nitrogens with two attached hydrogens (primary N) is 1. The molecule has 2 heterocycles. The molecule has 2 aromatic carbocycles. The van der Waals surface area contributed by atoms with Gasteiger partial charge in [0.25, 0.3) is 0 Å². The van der Waals surface area contributed by atoms with Crippen molar-refractivity contribution in [2.45, 2.75) is 5.92 Å². The van der Waals surface area contributed by atoms with Gasteiger partial charge in [-0.3, -0.25) is 5.10 Å². The van der Waals surface area contributed by atoms with Gasteiger partial charge in [-0.1, -0.05) is 29.8 Å². The summed E-state index contributed by atoms with van der Waals surface area (Å²) in [4.78, 5) is 0. The number of nitrogens with one attached hydrogen (secondary N) is 1. The Morgan fingerprint density at radius 1 is 1.38 bits per heavy atom. The zero-order valence-corrected chi connectivity index (χ0v) is 17.4. The van der Waals surface area contributed by atoms with E-state index in [4.69, 9.17) is 26.8 Å². The lowest BCUT2D eigenvalue weighted by molar-refractivity contribution is 0.369. The second-order valence-electron chi connectivity index (χ2n) is 6.28. The number of aromatic hydroxyl groups is 1. The molecule has 3 aromatic rings. The molecule has 0 saturated heterocycles. The topological polar surface area (TPSA) is 117 Å². The lowest BCUT2D eigenvalue weighted by Gasteiger charge is -2.25. The molecule has 1 unspecified atom stereocenters. The number of aromatic amines is 1. The Bertz CT molecular complexity index is 1200. The molecule has 9 heteroatoms. The smallest absolute Gasteiger partial charge is 0.244 e. The number of nitriles is 1. The van der Waals surface area contributed by atoms with Crippen LogP contribution in [0.5, 0.6) is 17.4 Å². The fourth-order valence-electron chi connectivity index (χ4n) is 3.36. The van der Waals surface area contributed by atoms with Crippen LogP contribution in [0.2, 0.25) is 5.02 Å². The fraction of sp³-hybridized carbons (Fsp3) is 0.100. The van der Waals surface area contributed by atoms with Gasteiger partial charge in [0.05, 0.1) is 28.8 Å². The first-order chi connectivity index (χ1) is 14.0. The number of phenols is 1. The minimum Gasteiger partial charge on any atom is -0.503 e. The molecule has 0 saturated carbocycles. The van der Waals surface area contributed by atoms with Gasteiger partial charge in [0.15, 0.2) is 11.5 Å². The molecule has 7 nitrogen and oxygen atoms in total. The Morgan fingerprint density at radius 2 is 2.14 bits per heavy atom. The maximum Gasteiger partial charge on any atom is 0.244 e. The van der Waals surface area contributed by atoms with Gasteiger partial charge < -0.3 is 20.3 Å². The number of aromatic nitrogens is 2. The first-order valence-electron chi connectivity index (χ1n) is 8.43. The molecule has 0 amide bonds. The maximum atomic E-state index is 10.2. The van der Waals surface area contributed by atoms with Crippen LogP contribution in [0.4, 0.5) is 0 Å². The predicted octanol–water partition coefficient (Wildman–Crippen LogP) is 4.42. The van der Waals surface area contributed by atoms with E-state index in [0.717, 1.165) is 0 Å². The summed E-state index contributed by atoms with van der Waals surface area (Å²) in [5.74, 6) is -0.187. The van der Waals surface area contributed by atoms with Crippen LogP contribution in [-0.2, 0) is 0 Å². The van der Waals surface area contributed by atoms with E-state index in [0.29, 0.717) is 31.9 Å². The van der Waals surface area contributed by atoms with Crippen molar-refractivity contribution in [3.05, 3.63) is 68.5 Å². The van der Waals surface area contributed by atoms with Gasteiger partial charge in [-0.15, -0.1) is 5.10 Å². The largest absolute Gasteiger partial charge is 0.503 e. The molecule has 0 fully saturated rings. The molecule has 1 aliphatic heterocycles. The van der Waals surface area contributed by atoms with Crippen molar-refractivity contribution in [1.82, 2.24) is 10.2 Å². The van der Waals surface area contributed by atoms with E-state index in [9.17, 15) is 10.4 Å². The molecule has 1 aliphatic rings. The summed E-state index contributed by atoms with van der Waals surface area (Å²) in [5, 5.41) is 27.7. The highest BCUT2D eigenvalue weighted by Gasteiger charge is 2.36. The highest BCUT2D eigenvalue weighted by Crippen LogP contribution is 2.48. The average Bonchev–Trinajstić information content (AvgIpc) is 3.12. The number of benzene rings is 2. The summed E-state index contributed by atoms with van der Waals surface area (Å²) in [6, 6.07) is 12.8. The summed E-state index contributed by atoms with van der Waals surface area (Å²) in [5.41, 5.74) is 8.82. The van der Waals surface area contributed by atoms with Crippen LogP contribution in [0.3, 0.4) is 0 Å². The Balaban J connectivity index is 2.00. The molecular weight excluding hydrogens is 460 g/mol. The SMILES string of the molecule is COc1cc(C2C(C#N)=C(N)Oc3n[nH]c(-c4ccccc4Cl)c32)cc(Br)c1O. The quantitative estimate of drug-likeness (QED) is 0.518. The number of methoxy groups -OCH3 is 1. The van der Waals surface area contributed by atoms with Gasteiger partial charge in [0.1, 0.15) is 11.6 Å². The van der Waals surface area contributed by atoms with Crippen molar-refractivity contribution in [3.63, 3.8) is 0 Å². The van der Waals surface area contributed by atoms with Crippen molar-refractivity contribution < 1.29 is 14.6 Å². The number of halogens is 2. The lowest BCUT2D eigenvalue weighted by atomic mass is 9.83. The van der Waals surface area contributed by atoms with Crippen molar-refractivity contribution in [2.24, 2.45) is 5.73 Å². The van der Waals surface area contributed by atoms with Crippen molar-refractivity contribution >= 4 is 27.5 Å². The molecule has 4 rings (SSSR count). The van der Waals surface area contributed by atoms with Crippen LogP contribution in [0.1, 0.15) is 17.0 Å². The zero-order chi connectivity index (χ0) is 20.7. The van der Waals surface area contributed by atoms with Crippen LogP contribution in [0.15, 0.2) is 52.3 Å². The van der Waals surface area contributed by atoms with E-state index in [1.54, 1.807) is 18.2 Å². The zero-order valence-electron chi connectivity index (χ0n) is 15.0. The van der Waals surface area contributed by atoms with Gasteiger partial charge in [-0.05, 0) is 39.7 Å². The second-order valence-corrected chi connectivity index (χ2v) is 7.54. The summed E-state index contributed by atoms with van der Waals surface area (Å²) in [7, 11) is 1.45. The van der Waals surface area contributed by atoms with Gasteiger partial charge >= 0.3 is 0 Å². The number of nitrogens with zero attached hydrogens (tertiary/aromatic N) is 2. The second kappa shape index (κ2) is 7.35. The van der Waals surface area contributed by atoms with Gasteiger partial charge in [0.2, 0.25) is 11.8 Å². The first kappa shape index (κ1) is 19.2. The fourth-order valence-corrected chi connectivity index (χ4v) is 4.05. The number of ether oxygens (including phenoxy) is 2. The molecular formula is C20H14BrClN4O3. The summed E-state index contributed by atoms with van der Waals surface area (Å²) >= 11 is 9.72. The monoisotopic (exact) mass is 472 g/mol. The first-order valence-corrected chi connectivity index (χ1v) is 9.60. The van der Waals surface area contributed by atoms with Crippen molar-refractivity contribution in [3.8, 4) is 34.7 Å². The molecule has 146 valence electrons. The van der Waals surface area contributed by atoms with Crippen LogP contribution in [0, 0.1) is 11.3 Å². The lowest BCUT2D eigenvalue weighted by Crippen LogP contribution is -2.21. The van der Waals surface area contributed by atoms with Crippen LogP contribution < -0.4 is 15.2 Å². The summed E-state index contributed by atoms with van der Waals surface area (Å²) in [6.07, 6.45) is 0. The van der Waals surface area contributed by atoms with E-state index >= 15 is 0 Å². The Kier molecular flexibility index (Phi) is 4.86. The number of fused-ring (bicyclic) bond motifs is 1. The normalized spacial score (nSPS) is 15.4. The van der Waals surface area contributed by atoms with Gasteiger partial charge in [-0.25, -0.2) is 0 Å². The molecule has 0 spiro atoms. The van der Waals surface area contributed by atoms with E-state index < -0.39 is 5.92 Å². The number of H-pyrrole nitrogens is 1. The molecule has 1 atom stereocenters. The summed E-state index contributed by atoms with van der Waals surface area (Å²) in [6.45, 7) is 0. The third-order valence-electron chi connectivity index (χ3n) is 4.69. The van der Waals surface area contributed by atoms with Gasteiger partial charge in [0, 0.05) is 10.6 Å². The number of hydrogen-bond donors (Lipinski definition) is 3. The van der Waals surface area contributed by atoms with Crippen LogP contribution in [0.25, 0.3) is 11.3 Å². The summed E-state index contributed by atoms with van der Waals surface area (Å²) < 4.78 is 11.3. The Labute approximate surface area is 179 Å². The van der Waals surface area contributed by atoms with Gasteiger partial charge in [-0.2, -0.15) is 5.26 Å². The molecule has 29 heavy (non-hydrogen) atoms. The number of phenolic OH excluding ortho intramolecular Hbond substituents is 1. The average molecular weight is 474 g/mol. The third kappa shape index (κ3) is 3.09. The number of rotatable bonds is 3. The number of hydrogen-bond acceptors (Lipinski definition) is 6. The molecule has 0 bridgehead atoms. The Hall–Kier alpha value is -3.15. The number of allylic oxidation sites excluding steroid dienone is 1. The third-order valence-corrected chi connectivity index (χ3v) is 5.62.